The number of benzene rings is 1. The molecule has 1 heterocycles. The van der Waals surface area contributed by atoms with Crippen molar-refractivity contribution in [1.82, 2.24) is 10.3 Å². The highest BCUT2D eigenvalue weighted by Gasteiger charge is 2.20. The number of aromatic nitrogens is 1. The van der Waals surface area contributed by atoms with Gasteiger partial charge in [-0.05, 0) is 23.1 Å². The maximum absolute atomic E-state index is 11.7. The highest BCUT2D eigenvalue weighted by molar-refractivity contribution is 7.98. The van der Waals surface area contributed by atoms with Gasteiger partial charge in [-0.2, -0.15) is 5.26 Å². The van der Waals surface area contributed by atoms with Crippen molar-refractivity contribution in [1.29, 1.82) is 5.26 Å². The largest absolute Gasteiger partial charge is 0.395 e. The minimum Gasteiger partial charge on any atom is -0.395 e. The molecule has 1 aromatic carbocycles. The van der Waals surface area contributed by atoms with Gasteiger partial charge in [-0.1, -0.05) is 31.2 Å². The lowest BCUT2D eigenvalue weighted by Crippen LogP contribution is -2.27. The van der Waals surface area contributed by atoms with Crippen LogP contribution in [0.1, 0.15) is 29.2 Å². The lowest BCUT2D eigenvalue weighted by atomic mass is 10.1. The first-order valence-electron chi connectivity index (χ1n) is 9.55. The van der Waals surface area contributed by atoms with E-state index in [0.29, 0.717) is 34.3 Å². The fraction of sp³-hybridized carbons (Fsp3) is 0.364. The number of carbonyl (C=O) groups excluding carboxylic acids is 1. The number of hydrogen-bond acceptors (Lipinski definition) is 6. The van der Waals surface area contributed by atoms with Crippen LogP contribution in [0.5, 0.6) is 0 Å². The van der Waals surface area contributed by atoms with Crippen LogP contribution in [0.4, 0.5) is 11.5 Å². The predicted molar refractivity (Wildman–Crippen MR) is 119 cm³/mol. The molecule has 7 nitrogen and oxygen atoms in total. The summed E-state index contributed by atoms with van der Waals surface area (Å²) in [5, 5.41) is 21.7. The number of nitriles is 1. The van der Waals surface area contributed by atoms with Crippen molar-refractivity contribution in [2.75, 3.05) is 32.1 Å². The molecule has 8 heteroatoms. The molecule has 30 heavy (non-hydrogen) atoms. The summed E-state index contributed by atoms with van der Waals surface area (Å²) in [6.07, 6.45) is 0.849. The average Bonchev–Trinajstić information content (AvgIpc) is 2.75. The van der Waals surface area contributed by atoms with Crippen LogP contribution in [-0.2, 0) is 23.4 Å². The number of carbonyl (C=O) groups is 1. The highest BCUT2D eigenvalue weighted by Crippen LogP contribution is 2.38. The molecule has 0 unspecified atom stereocenters. The van der Waals surface area contributed by atoms with Crippen LogP contribution in [0.15, 0.2) is 29.3 Å². The molecule has 0 saturated heterocycles. The molecule has 0 fully saturated rings. The average molecular weight is 424 g/mol. The Balaban J connectivity index is 2.19. The number of amides is 1. The first-order chi connectivity index (χ1) is 14.4. The van der Waals surface area contributed by atoms with Crippen LogP contribution in [0.25, 0.3) is 4.85 Å². The summed E-state index contributed by atoms with van der Waals surface area (Å²) in [5.74, 6) is 1.07. The van der Waals surface area contributed by atoms with Gasteiger partial charge in [-0.3, -0.25) is 4.79 Å². The van der Waals surface area contributed by atoms with Crippen molar-refractivity contribution in [3.8, 4) is 6.07 Å². The van der Waals surface area contributed by atoms with Crippen LogP contribution < -0.4 is 10.2 Å². The van der Waals surface area contributed by atoms with E-state index >= 15 is 0 Å². The molecule has 156 valence electrons. The van der Waals surface area contributed by atoms with Gasteiger partial charge in [0.2, 0.25) is 11.6 Å². The molecule has 0 aliphatic rings. The van der Waals surface area contributed by atoms with Crippen LogP contribution in [0, 0.1) is 17.9 Å². The number of aliphatic hydroxyl groups is 1. The van der Waals surface area contributed by atoms with Gasteiger partial charge in [0.1, 0.15) is 16.9 Å². The summed E-state index contributed by atoms with van der Waals surface area (Å²) in [4.78, 5) is 21.8. The number of aliphatic hydroxyl groups excluding tert-OH is 1. The minimum atomic E-state index is -0.128. The first kappa shape index (κ1) is 23.2. The van der Waals surface area contributed by atoms with Gasteiger partial charge in [0.15, 0.2) is 0 Å². The molecule has 0 bridgehead atoms. The Hall–Kier alpha value is -3.07. The predicted octanol–water partition coefficient (Wildman–Crippen LogP) is 3.08. The summed E-state index contributed by atoms with van der Waals surface area (Å²) in [5.41, 5.74) is 3.57. The third-order valence-corrected chi connectivity index (χ3v) is 5.47. The van der Waals surface area contributed by atoms with Crippen molar-refractivity contribution in [3.63, 3.8) is 0 Å². The van der Waals surface area contributed by atoms with E-state index in [9.17, 15) is 10.1 Å². The van der Waals surface area contributed by atoms with Gasteiger partial charge < -0.3 is 15.3 Å². The molecular formula is C22H25N5O2S. The Morgan fingerprint density at radius 2 is 2.00 bits per heavy atom. The zero-order valence-corrected chi connectivity index (χ0v) is 18.2. The van der Waals surface area contributed by atoms with Gasteiger partial charge in [-0.15, -0.1) is 11.8 Å². The van der Waals surface area contributed by atoms with Crippen molar-refractivity contribution < 1.29 is 9.90 Å². The molecule has 2 aromatic rings. The van der Waals surface area contributed by atoms with Gasteiger partial charge in [-0.25, -0.2) is 9.83 Å². The number of hydrogen-bond donors (Lipinski definition) is 2. The molecule has 1 amide bonds. The summed E-state index contributed by atoms with van der Waals surface area (Å²) in [6.45, 7) is 9.62. The van der Waals surface area contributed by atoms with Crippen LogP contribution in [-0.4, -0.2) is 43.2 Å². The Morgan fingerprint density at radius 1 is 1.33 bits per heavy atom. The summed E-state index contributed by atoms with van der Waals surface area (Å²) in [6, 6.07) is 9.94. The summed E-state index contributed by atoms with van der Waals surface area (Å²) in [7, 11) is 3.68. The van der Waals surface area contributed by atoms with E-state index in [1.54, 1.807) is 4.90 Å². The molecule has 0 aliphatic carbocycles. The summed E-state index contributed by atoms with van der Waals surface area (Å²) >= 11 is 1.47. The quantitative estimate of drug-likeness (QED) is 0.476. The maximum Gasteiger partial charge on any atom is 0.232 e. The van der Waals surface area contributed by atoms with E-state index in [1.807, 2.05) is 45.3 Å². The minimum absolute atomic E-state index is 0.0766. The fourth-order valence-corrected chi connectivity index (χ4v) is 3.89. The second-order valence-corrected chi connectivity index (χ2v) is 7.73. The Morgan fingerprint density at radius 3 is 2.53 bits per heavy atom. The smallest absolute Gasteiger partial charge is 0.232 e. The molecule has 2 N–H and O–H groups in total. The third kappa shape index (κ3) is 5.73. The fourth-order valence-electron chi connectivity index (χ4n) is 2.93. The zero-order chi connectivity index (χ0) is 22.1. The molecular weight excluding hydrogens is 398 g/mol. The van der Waals surface area contributed by atoms with Gasteiger partial charge in [0.05, 0.1) is 25.2 Å². The van der Waals surface area contributed by atoms with Gasteiger partial charge in [0.25, 0.3) is 0 Å². The van der Waals surface area contributed by atoms with E-state index in [1.165, 1.54) is 11.8 Å². The monoisotopic (exact) mass is 423 g/mol. The number of nitrogens with one attached hydrogen (secondary N) is 1. The van der Waals surface area contributed by atoms with Crippen LogP contribution in [0.3, 0.4) is 0 Å². The maximum atomic E-state index is 11.7. The van der Waals surface area contributed by atoms with E-state index in [2.05, 4.69) is 21.2 Å². The van der Waals surface area contributed by atoms with E-state index in [-0.39, 0.29) is 25.5 Å². The molecule has 0 saturated carbocycles. The third-order valence-electron chi connectivity index (χ3n) is 4.42. The van der Waals surface area contributed by atoms with E-state index in [0.717, 1.165) is 16.7 Å². The highest BCUT2D eigenvalue weighted by atomic mass is 32.2. The van der Waals surface area contributed by atoms with Crippen molar-refractivity contribution >= 4 is 29.2 Å². The standard InChI is InChI=1S/C22H25N5O2S/c1-5-17-18(13-23)22(26-21(27(3)4)20(17)24-2)30-14-16-8-6-15(7-9-16)12-19(29)25-10-11-28/h6-9,28H,5,10-12,14H2,1,3-4H3,(H,25,29). The normalized spacial score (nSPS) is 10.2. The number of nitrogens with zero attached hydrogens (tertiary/aromatic N) is 4. The number of thioether (sulfide) groups is 1. The second-order valence-electron chi connectivity index (χ2n) is 6.77. The van der Waals surface area contributed by atoms with Crippen molar-refractivity contribution in [2.45, 2.75) is 30.5 Å². The van der Waals surface area contributed by atoms with Gasteiger partial charge >= 0.3 is 0 Å². The molecule has 0 atom stereocenters. The van der Waals surface area contributed by atoms with Crippen LogP contribution in [0.2, 0.25) is 0 Å². The zero-order valence-electron chi connectivity index (χ0n) is 17.4. The lowest BCUT2D eigenvalue weighted by Gasteiger charge is -2.18. The van der Waals surface area contributed by atoms with Gasteiger partial charge in [0, 0.05) is 26.4 Å². The number of anilines is 1. The van der Waals surface area contributed by atoms with E-state index < -0.39 is 0 Å². The Kier molecular flexibility index (Phi) is 8.67. The molecule has 2 rings (SSSR count). The lowest BCUT2D eigenvalue weighted by molar-refractivity contribution is -0.120. The van der Waals surface area contributed by atoms with Crippen LogP contribution >= 0.6 is 11.8 Å². The SMILES string of the molecule is [C-]#[N+]c1c(N(C)C)nc(SCc2ccc(CC(=O)NCCO)cc2)c(C#N)c1CC. The van der Waals surface area contributed by atoms with Crippen molar-refractivity contribution in [3.05, 3.63) is 57.9 Å². The van der Waals surface area contributed by atoms with Crippen molar-refractivity contribution in [2.24, 2.45) is 0 Å². The Bertz CT molecular complexity index is 975. The number of rotatable bonds is 9. The summed E-state index contributed by atoms with van der Waals surface area (Å²) < 4.78 is 0. The first-order valence-corrected chi connectivity index (χ1v) is 10.5. The second kappa shape index (κ2) is 11.2. The molecule has 0 spiro atoms. The molecule has 0 aliphatic heterocycles. The number of pyridine rings is 1. The Labute approximate surface area is 181 Å². The topological polar surface area (TPSA) is 93.6 Å². The molecule has 0 radical (unpaired) electrons. The van der Waals surface area contributed by atoms with E-state index in [4.69, 9.17) is 11.7 Å². The molecule has 1 aromatic heterocycles.